The summed E-state index contributed by atoms with van der Waals surface area (Å²) in [6.45, 7) is 0. The van der Waals surface area contributed by atoms with Gasteiger partial charge in [-0.15, -0.1) is 10.2 Å². The molecule has 0 N–H and O–H groups in total. The molecule has 0 radical (unpaired) electrons. The molecule has 0 fully saturated rings. The monoisotopic (exact) mass is 328 g/mol. The predicted molar refractivity (Wildman–Crippen MR) is 48.4 cm³/mol. The molecule has 0 aliphatic carbocycles. The zero-order chi connectivity index (χ0) is 14.6. The second-order valence-corrected chi connectivity index (χ2v) is 4.63. The van der Waals surface area contributed by atoms with Crippen molar-refractivity contribution in [3.05, 3.63) is 10.8 Å². The zero-order valence-electron chi connectivity index (χ0n) is 8.22. The van der Waals surface area contributed by atoms with Gasteiger partial charge in [-0.05, 0) is 11.6 Å². The molecule has 0 amide bonds. The summed E-state index contributed by atoms with van der Waals surface area (Å²) in [4.78, 5) is -0.658. The van der Waals surface area contributed by atoms with Crippen LogP contribution in [0.5, 0.6) is 0 Å². The molecule has 0 saturated heterocycles. The highest BCUT2D eigenvalue weighted by molar-refractivity contribution is 7.16. The van der Waals surface area contributed by atoms with Crippen molar-refractivity contribution in [2.75, 3.05) is 0 Å². The maximum atomic E-state index is 12.9. The van der Waals surface area contributed by atoms with Gasteiger partial charge >= 0.3 is 17.5 Å². The predicted octanol–water partition coefficient (Wildman–Crippen LogP) is 3.13. The number of rotatable bonds is 2. The van der Waals surface area contributed by atoms with Gasteiger partial charge in [0.2, 0.25) is 10.8 Å². The topological polar surface area (TPSA) is 43.1 Å². The molecule has 19 heavy (non-hydrogen) atoms. The maximum Gasteiger partial charge on any atom is 0.460 e. The number of alkyl halides is 8. The summed E-state index contributed by atoms with van der Waals surface area (Å²) < 4.78 is 87.7. The minimum atomic E-state index is -5.90. The second kappa shape index (κ2) is 3.91. The Morgan fingerprint density at radius 3 is 2.05 bits per heavy atom. The van der Waals surface area contributed by atoms with E-state index in [1.807, 2.05) is 0 Å². The lowest BCUT2D eigenvalue weighted by molar-refractivity contribution is -0.289. The Morgan fingerprint density at radius 2 is 1.58 bits per heavy atom. The van der Waals surface area contributed by atoms with Crippen LogP contribution in [0.3, 0.4) is 0 Å². The van der Waals surface area contributed by atoms with Gasteiger partial charge in [-0.25, -0.2) is 0 Å². The van der Waals surface area contributed by atoms with Crippen LogP contribution >= 0.6 is 22.9 Å². The molecule has 4 nitrogen and oxygen atoms in total. The van der Waals surface area contributed by atoms with Crippen LogP contribution < -0.4 is 0 Å². The van der Waals surface area contributed by atoms with E-state index in [9.17, 15) is 30.7 Å². The van der Waals surface area contributed by atoms with E-state index in [4.69, 9.17) is 0 Å². The van der Waals surface area contributed by atoms with Gasteiger partial charge < -0.3 is 0 Å². The van der Waals surface area contributed by atoms with Gasteiger partial charge in [0.25, 0.3) is 0 Å². The van der Waals surface area contributed by atoms with Crippen molar-refractivity contribution in [3.8, 4) is 0 Å². The first-order valence-electron chi connectivity index (χ1n) is 4.19. The van der Waals surface area contributed by atoms with E-state index < -0.39 is 33.3 Å². The fraction of sp³-hybridized carbons (Fsp3) is 0.500. The Kier molecular flexibility index (Phi) is 2.93. The third-order valence-corrected chi connectivity index (χ3v) is 3.01. The van der Waals surface area contributed by atoms with Gasteiger partial charge in [-0.3, -0.25) is 0 Å². The highest BCUT2D eigenvalue weighted by atomic mass is 35.5. The molecule has 13 heteroatoms. The number of fused-ring (bicyclic) bond motifs is 1. The number of aromatic nitrogens is 4. The molecule has 0 unspecified atom stereocenters. The molecule has 106 valence electrons. The van der Waals surface area contributed by atoms with E-state index >= 15 is 0 Å². The molecule has 0 aliphatic heterocycles. The summed E-state index contributed by atoms with van der Waals surface area (Å²) in [6, 6.07) is 0. The normalized spacial score (nSPS) is 14.3. The quantitative estimate of drug-likeness (QED) is 0.628. The van der Waals surface area contributed by atoms with E-state index in [-0.39, 0.29) is 15.9 Å². The van der Waals surface area contributed by atoms with Crippen molar-refractivity contribution in [2.24, 2.45) is 0 Å². The van der Waals surface area contributed by atoms with Crippen molar-refractivity contribution >= 4 is 27.9 Å². The summed E-state index contributed by atoms with van der Waals surface area (Å²) in [6.07, 6.45) is -5.90. The summed E-state index contributed by atoms with van der Waals surface area (Å²) >= 11 is 4.37. The third kappa shape index (κ3) is 2.22. The minimum Gasteiger partial charge on any atom is -0.188 e. The Balaban J connectivity index is 2.58. The largest absolute Gasteiger partial charge is 0.460 e. The summed E-state index contributed by atoms with van der Waals surface area (Å²) in [5.41, 5.74) is 0. The highest BCUT2D eigenvalue weighted by Crippen LogP contribution is 2.45. The first-order valence-corrected chi connectivity index (χ1v) is 5.38. The highest BCUT2D eigenvalue weighted by Gasteiger charge is 2.61. The Bertz CT molecular complexity index is 611. The molecule has 0 spiro atoms. The molecule has 0 atom stereocenters. The first-order chi connectivity index (χ1) is 8.44. The number of nitrogens with zero attached hydrogens (tertiary/aromatic N) is 4. The average Bonchev–Trinajstić information content (AvgIpc) is 2.70. The van der Waals surface area contributed by atoms with Crippen LogP contribution in [-0.2, 0) is 11.3 Å². The van der Waals surface area contributed by atoms with Crippen LogP contribution in [-0.4, -0.2) is 26.0 Å². The fourth-order valence-corrected chi connectivity index (χ4v) is 1.99. The molecule has 0 saturated carbocycles. The van der Waals surface area contributed by atoms with Gasteiger partial charge in [-0.1, -0.05) is 11.3 Å². The van der Waals surface area contributed by atoms with Crippen LogP contribution in [0.2, 0.25) is 0 Å². The maximum absolute atomic E-state index is 12.9. The van der Waals surface area contributed by atoms with Crippen molar-refractivity contribution in [2.45, 2.75) is 17.5 Å². The Labute approximate surface area is 107 Å². The zero-order valence-corrected chi connectivity index (χ0v) is 9.79. The number of hydrogen-bond donors (Lipinski definition) is 0. The Morgan fingerprint density at radius 1 is 1.00 bits per heavy atom. The summed E-state index contributed by atoms with van der Waals surface area (Å²) in [5.74, 6) is -6.62. The van der Waals surface area contributed by atoms with Gasteiger partial charge in [0.05, 0.1) is 0 Å². The van der Waals surface area contributed by atoms with E-state index in [0.29, 0.717) is 0 Å². The van der Waals surface area contributed by atoms with Crippen molar-refractivity contribution in [3.63, 3.8) is 0 Å². The smallest absolute Gasteiger partial charge is 0.188 e. The Hall–Kier alpha value is -1.17. The van der Waals surface area contributed by atoms with Crippen molar-refractivity contribution in [1.29, 1.82) is 0 Å². The number of halogens is 8. The minimum absolute atomic E-state index is 0.0483. The molecular weight excluding hydrogens is 329 g/mol. The number of hydrogen-bond acceptors (Lipinski definition) is 4. The first kappa shape index (κ1) is 14.2. The lowest BCUT2D eigenvalue weighted by Crippen LogP contribution is -2.33. The molecule has 2 heterocycles. The van der Waals surface area contributed by atoms with Crippen LogP contribution in [0.25, 0.3) is 4.96 Å². The van der Waals surface area contributed by atoms with E-state index in [2.05, 4.69) is 26.9 Å². The van der Waals surface area contributed by atoms with Gasteiger partial charge in [0.15, 0.2) is 5.01 Å². The lowest BCUT2D eigenvalue weighted by Gasteiger charge is -2.15. The molecular formula is C6ClF7N4S. The molecule has 0 aromatic carbocycles. The van der Waals surface area contributed by atoms with Crippen LogP contribution in [0.1, 0.15) is 10.8 Å². The molecule has 2 aromatic heterocycles. The van der Waals surface area contributed by atoms with E-state index in [0.717, 1.165) is 0 Å². The average molecular weight is 329 g/mol. The van der Waals surface area contributed by atoms with Crippen LogP contribution in [0, 0.1) is 0 Å². The molecule has 2 aromatic rings. The van der Waals surface area contributed by atoms with E-state index in [1.165, 1.54) is 0 Å². The standard InChI is InChI=1S/C6ClF7N4S/c7-5(10,11)1-15-16-3-18(1)17-2(19-3)4(8,9)6(12,13)14. The molecule has 2 rings (SSSR count). The summed E-state index contributed by atoms with van der Waals surface area (Å²) in [7, 11) is 0. The fourth-order valence-electron chi connectivity index (χ4n) is 1.04. The van der Waals surface area contributed by atoms with Crippen LogP contribution in [0.4, 0.5) is 30.7 Å². The second-order valence-electron chi connectivity index (χ2n) is 3.20. The van der Waals surface area contributed by atoms with Crippen molar-refractivity contribution < 1.29 is 30.7 Å². The van der Waals surface area contributed by atoms with Gasteiger partial charge in [0.1, 0.15) is 0 Å². The summed E-state index contributed by atoms with van der Waals surface area (Å²) in [5, 5.41) is 2.79. The van der Waals surface area contributed by atoms with E-state index in [1.54, 1.807) is 0 Å². The van der Waals surface area contributed by atoms with Crippen molar-refractivity contribution in [1.82, 2.24) is 19.8 Å². The third-order valence-electron chi connectivity index (χ3n) is 1.87. The molecule has 0 aliphatic rings. The van der Waals surface area contributed by atoms with Gasteiger partial charge in [0, 0.05) is 0 Å². The SMILES string of the molecule is FC(F)(Cl)c1nnc2sc(C(F)(F)C(F)(F)F)nn12. The van der Waals surface area contributed by atoms with Crippen LogP contribution in [0.15, 0.2) is 0 Å². The lowest BCUT2D eigenvalue weighted by atomic mass is 10.3. The molecule has 0 bridgehead atoms. The van der Waals surface area contributed by atoms with Gasteiger partial charge in [-0.2, -0.15) is 40.3 Å².